The SMILES string of the molecule is Cc1ccc(S(=O)(=O)N2CCC(C(=O)NCc3cccnc3)CC2)cc1C. The highest BCUT2D eigenvalue weighted by Gasteiger charge is 2.32. The van der Waals surface area contributed by atoms with Crippen molar-refractivity contribution in [3.8, 4) is 0 Å². The Morgan fingerprint density at radius 1 is 1.19 bits per heavy atom. The average molecular weight is 388 g/mol. The lowest BCUT2D eigenvalue weighted by atomic mass is 9.97. The van der Waals surface area contributed by atoms with E-state index in [-0.39, 0.29) is 11.8 Å². The van der Waals surface area contributed by atoms with Crippen LogP contribution in [-0.4, -0.2) is 36.7 Å². The van der Waals surface area contributed by atoms with Gasteiger partial charge in [-0.2, -0.15) is 4.31 Å². The van der Waals surface area contributed by atoms with Crippen LogP contribution in [-0.2, 0) is 21.4 Å². The maximum absolute atomic E-state index is 12.9. The first-order valence-electron chi connectivity index (χ1n) is 9.12. The quantitative estimate of drug-likeness (QED) is 0.854. The van der Waals surface area contributed by atoms with Crippen LogP contribution in [0.4, 0.5) is 0 Å². The Kier molecular flexibility index (Phi) is 5.92. The van der Waals surface area contributed by atoms with Gasteiger partial charge in [0.25, 0.3) is 0 Å². The van der Waals surface area contributed by atoms with Gasteiger partial charge in [-0.1, -0.05) is 12.1 Å². The number of pyridine rings is 1. The van der Waals surface area contributed by atoms with Crippen molar-refractivity contribution in [1.29, 1.82) is 0 Å². The molecule has 3 rings (SSSR count). The summed E-state index contributed by atoms with van der Waals surface area (Å²) in [6, 6.07) is 8.95. The van der Waals surface area contributed by atoms with E-state index in [4.69, 9.17) is 0 Å². The number of hydrogen-bond acceptors (Lipinski definition) is 4. The highest BCUT2D eigenvalue weighted by Crippen LogP contribution is 2.25. The van der Waals surface area contributed by atoms with E-state index in [0.717, 1.165) is 16.7 Å². The number of aromatic nitrogens is 1. The van der Waals surface area contributed by atoms with Gasteiger partial charge in [0.2, 0.25) is 15.9 Å². The van der Waals surface area contributed by atoms with Crippen molar-refractivity contribution in [2.24, 2.45) is 5.92 Å². The molecule has 2 heterocycles. The lowest BCUT2D eigenvalue weighted by Crippen LogP contribution is -2.42. The topological polar surface area (TPSA) is 79.4 Å². The minimum Gasteiger partial charge on any atom is -0.352 e. The summed E-state index contributed by atoms with van der Waals surface area (Å²) < 4.78 is 27.2. The van der Waals surface area contributed by atoms with Crippen molar-refractivity contribution in [2.45, 2.75) is 38.1 Å². The second-order valence-electron chi connectivity index (χ2n) is 7.00. The normalized spacial score (nSPS) is 16.2. The predicted octanol–water partition coefficient (Wildman–Crippen LogP) is 2.42. The van der Waals surface area contributed by atoms with E-state index in [1.54, 1.807) is 24.5 Å². The fourth-order valence-electron chi connectivity index (χ4n) is 3.22. The fraction of sp³-hybridized carbons (Fsp3) is 0.400. The van der Waals surface area contributed by atoms with Crippen LogP contribution in [0.2, 0.25) is 0 Å². The van der Waals surface area contributed by atoms with Gasteiger partial charge in [-0.15, -0.1) is 0 Å². The van der Waals surface area contributed by atoms with E-state index in [9.17, 15) is 13.2 Å². The largest absolute Gasteiger partial charge is 0.352 e. The van der Waals surface area contributed by atoms with Gasteiger partial charge >= 0.3 is 0 Å². The van der Waals surface area contributed by atoms with E-state index in [1.165, 1.54) is 4.31 Å². The van der Waals surface area contributed by atoms with Crippen molar-refractivity contribution in [1.82, 2.24) is 14.6 Å². The van der Waals surface area contributed by atoms with Crippen LogP contribution in [0.25, 0.3) is 0 Å². The molecule has 7 heteroatoms. The summed E-state index contributed by atoms with van der Waals surface area (Å²) in [7, 11) is -3.51. The molecule has 1 fully saturated rings. The lowest BCUT2D eigenvalue weighted by Gasteiger charge is -2.30. The van der Waals surface area contributed by atoms with Crippen LogP contribution in [0.15, 0.2) is 47.6 Å². The Morgan fingerprint density at radius 2 is 1.93 bits per heavy atom. The Bertz CT molecular complexity index is 905. The van der Waals surface area contributed by atoms with Crippen LogP contribution >= 0.6 is 0 Å². The number of carbonyl (C=O) groups excluding carboxylic acids is 1. The van der Waals surface area contributed by atoms with E-state index in [1.807, 2.05) is 32.0 Å². The second kappa shape index (κ2) is 8.19. The van der Waals surface area contributed by atoms with Crippen LogP contribution in [0.5, 0.6) is 0 Å². The molecule has 0 bridgehead atoms. The highest BCUT2D eigenvalue weighted by molar-refractivity contribution is 7.89. The van der Waals surface area contributed by atoms with Gasteiger partial charge in [0.05, 0.1) is 4.90 Å². The Balaban J connectivity index is 1.57. The van der Waals surface area contributed by atoms with E-state index >= 15 is 0 Å². The molecular formula is C20H25N3O3S. The molecule has 0 saturated carbocycles. The zero-order chi connectivity index (χ0) is 19.4. The molecule has 1 aliphatic heterocycles. The van der Waals surface area contributed by atoms with Crippen LogP contribution in [0, 0.1) is 19.8 Å². The minimum absolute atomic E-state index is 0.0259. The molecule has 0 aliphatic carbocycles. The summed E-state index contributed by atoms with van der Waals surface area (Å²) in [6.07, 6.45) is 4.47. The van der Waals surface area contributed by atoms with Gasteiger partial charge in [-0.05, 0) is 61.6 Å². The third-order valence-corrected chi connectivity index (χ3v) is 7.03. The molecule has 144 valence electrons. The summed E-state index contributed by atoms with van der Waals surface area (Å²) >= 11 is 0. The number of nitrogens with one attached hydrogen (secondary N) is 1. The summed E-state index contributed by atoms with van der Waals surface area (Å²) in [6.45, 7) is 5.03. The smallest absolute Gasteiger partial charge is 0.243 e. The first-order valence-corrected chi connectivity index (χ1v) is 10.6. The van der Waals surface area contributed by atoms with Crippen molar-refractivity contribution >= 4 is 15.9 Å². The number of carbonyl (C=O) groups is 1. The molecule has 1 aliphatic rings. The van der Waals surface area contributed by atoms with Crippen molar-refractivity contribution < 1.29 is 13.2 Å². The number of rotatable bonds is 5. The number of piperidine rings is 1. The molecule has 2 aromatic rings. The first kappa shape index (κ1) is 19.5. The average Bonchev–Trinajstić information content (AvgIpc) is 2.69. The molecule has 6 nitrogen and oxygen atoms in total. The number of sulfonamides is 1. The number of benzene rings is 1. The van der Waals surface area contributed by atoms with Gasteiger partial charge in [-0.3, -0.25) is 9.78 Å². The maximum Gasteiger partial charge on any atom is 0.243 e. The number of hydrogen-bond donors (Lipinski definition) is 1. The monoisotopic (exact) mass is 387 g/mol. The molecule has 0 unspecified atom stereocenters. The third-order valence-electron chi connectivity index (χ3n) is 5.13. The van der Waals surface area contributed by atoms with Crippen molar-refractivity contribution in [3.05, 3.63) is 59.4 Å². The minimum atomic E-state index is -3.51. The molecule has 0 radical (unpaired) electrons. The molecule has 1 N–H and O–H groups in total. The van der Waals surface area contributed by atoms with Gasteiger partial charge in [-0.25, -0.2) is 8.42 Å². The van der Waals surface area contributed by atoms with E-state index in [2.05, 4.69) is 10.3 Å². The van der Waals surface area contributed by atoms with Crippen LogP contribution < -0.4 is 5.32 Å². The van der Waals surface area contributed by atoms with Gasteiger partial charge < -0.3 is 5.32 Å². The number of nitrogens with zero attached hydrogens (tertiary/aromatic N) is 2. The maximum atomic E-state index is 12.9. The Morgan fingerprint density at radius 3 is 2.56 bits per heavy atom. The molecular weight excluding hydrogens is 362 g/mol. The molecule has 27 heavy (non-hydrogen) atoms. The summed E-state index contributed by atoms with van der Waals surface area (Å²) in [5, 5.41) is 2.92. The standard InChI is InChI=1S/C20H25N3O3S/c1-15-5-6-19(12-16(15)2)27(25,26)23-10-7-18(8-11-23)20(24)22-14-17-4-3-9-21-13-17/h3-6,9,12-13,18H,7-8,10-11,14H2,1-2H3,(H,22,24). The van der Waals surface area contributed by atoms with Crippen LogP contribution in [0.3, 0.4) is 0 Å². The highest BCUT2D eigenvalue weighted by atomic mass is 32.2. The number of amides is 1. The molecule has 0 spiro atoms. The molecule has 1 amide bonds. The van der Waals surface area contributed by atoms with E-state index in [0.29, 0.717) is 37.4 Å². The molecule has 1 aromatic carbocycles. The third kappa shape index (κ3) is 4.54. The van der Waals surface area contributed by atoms with E-state index < -0.39 is 10.0 Å². The fourth-order valence-corrected chi connectivity index (χ4v) is 4.77. The second-order valence-corrected chi connectivity index (χ2v) is 8.94. The predicted molar refractivity (Wildman–Crippen MR) is 103 cm³/mol. The summed E-state index contributed by atoms with van der Waals surface area (Å²) in [4.78, 5) is 16.7. The van der Waals surface area contributed by atoms with Crippen molar-refractivity contribution in [2.75, 3.05) is 13.1 Å². The Labute approximate surface area is 160 Å². The van der Waals surface area contributed by atoms with Gasteiger partial charge in [0, 0.05) is 37.9 Å². The molecule has 0 atom stereocenters. The van der Waals surface area contributed by atoms with Crippen LogP contribution in [0.1, 0.15) is 29.5 Å². The van der Waals surface area contributed by atoms with Gasteiger partial charge in [0.15, 0.2) is 0 Å². The summed E-state index contributed by atoms with van der Waals surface area (Å²) in [5.74, 6) is -0.185. The lowest BCUT2D eigenvalue weighted by molar-refractivity contribution is -0.126. The first-order chi connectivity index (χ1) is 12.9. The number of aryl methyl sites for hydroxylation is 2. The molecule has 1 saturated heterocycles. The Hall–Kier alpha value is -2.25. The van der Waals surface area contributed by atoms with Gasteiger partial charge in [0.1, 0.15) is 0 Å². The summed E-state index contributed by atoms with van der Waals surface area (Å²) in [5.41, 5.74) is 2.97. The molecule has 1 aromatic heterocycles. The van der Waals surface area contributed by atoms with Crippen molar-refractivity contribution in [3.63, 3.8) is 0 Å². The zero-order valence-corrected chi connectivity index (χ0v) is 16.5. The zero-order valence-electron chi connectivity index (χ0n) is 15.7.